The maximum absolute atomic E-state index is 10.9. The lowest BCUT2D eigenvalue weighted by Gasteiger charge is -2.09. The van der Waals surface area contributed by atoms with E-state index in [2.05, 4.69) is 25.3 Å². The highest BCUT2D eigenvalue weighted by Crippen LogP contribution is 2.34. The standard InChI is InChI=1S/C12H8O4S2/c13-11(17)15-8-5-1-3-7-4-2-6-9(10(7)8)16-12(14)18/h1-6H,(H,13,17)(H,14,18). The van der Waals surface area contributed by atoms with E-state index in [0.717, 1.165) is 5.39 Å². The van der Waals surface area contributed by atoms with Gasteiger partial charge in [-0.15, -0.1) is 0 Å². The zero-order valence-electron chi connectivity index (χ0n) is 8.99. The second-order valence-corrected chi connectivity index (χ2v) is 4.08. The molecule has 0 aromatic heterocycles. The van der Waals surface area contributed by atoms with E-state index in [9.17, 15) is 9.59 Å². The van der Waals surface area contributed by atoms with Gasteiger partial charge in [0.15, 0.2) is 0 Å². The zero-order valence-corrected chi connectivity index (χ0v) is 10.8. The van der Waals surface area contributed by atoms with Gasteiger partial charge in [-0.3, -0.25) is 0 Å². The van der Waals surface area contributed by atoms with Gasteiger partial charge in [-0.2, -0.15) is 0 Å². The Labute approximate surface area is 114 Å². The van der Waals surface area contributed by atoms with E-state index < -0.39 is 10.6 Å². The summed E-state index contributed by atoms with van der Waals surface area (Å²) in [5.74, 6) is 0.551. The van der Waals surface area contributed by atoms with Gasteiger partial charge in [0, 0.05) is 0 Å². The Morgan fingerprint density at radius 2 is 1.28 bits per heavy atom. The molecule has 0 N–H and O–H groups in total. The molecule has 4 nitrogen and oxygen atoms in total. The van der Waals surface area contributed by atoms with Gasteiger partial charge in [0.25, 0.3) is 0 Å². The number of ether oxygens (including phenoxy) is 2. The van der Waals surface area contributed by atoms with Crippen LogP contribution in [0.4, 0.5) is 9.59 Å². The molecule has 0 amide bonds. The van der Waals surface area contributed by atoms with Crippen molar-refractivity contribution >= 4 is 46.6 Å². The zero-order chi connectivity index (χ0) is 13.1. The molecule has 0 saturated carbocycles. The second kappa shape index (κ2) is 5.32. The molecule has 0 radical (unpaired) electrons. The first-order valence-electron chi connectivity index (χ1n) is 4.91. The topological polar surface area (TPSA) is 52.6 Å². The molecule has 0 atom stereocenters. The number of hydrogen-bond donors (Lipinski definition) is 2. The molecule has 0 saturated heterocycles. The first-order valence-corrected chi connectivity index (χ1v) is 5.80. The van der Waals surface area contributed by atoms with Crippen LogP contribution in [0.5, 0.6) is 11.5 Å². The van der Waals surface area contributed by atoms with Gasteiger partial charge in [0.2, 0.25) is 0 Å². The Morgan fingerprint density at radius 1 is 0.833 bits per heavy atom. The fourth-order valence-corrected chi connectivity index (χ4v) is 1.83. The van der Waals surface area contributed by atoms with Gasteiger partial charge < -0.3 is 9.47 Å². The van der Waals surface area contributed by atoms with E-state index in [1.165, 1.54) is 0 Å². The predicted octanol–water partition coefficient (Wildman–Crippen LogP) is 3.70. The first kappa shape index (κ1) is 12.8. The highest BCUT2D eigenvalue weighted by Gasteiger charge is 2.11. The van der Waals surface area contributed by atoms with E-state index in [-0.39, 0.29) is 11.5 Å². The molecule has 2 aromatic carbocycles. The summed E-state index contributed by atoms with van der Waals surface area (Å²) in [4.78, 5) is 21.8. The van der Waals surface area contributed by atoms with E-state index in [1.807, 2.05) is 0 Å². The Hall–Kier alpha value is -1.66. The summed E-state index contributed by atoms with van der Waals surface area (Å²) in [6, 6.07) is 10.2. The number of carbonyl (C=O) groups excluding carboxylic acids is 2. The van der Waals surface area contributed by atoms with Crippen LogP contribution in [-0.2, 0) is 0 Å². The highest BCUT2D eigenvalue weighted by atomic mass is 32.1. The van der Waals surface area contributed by atoms with Crippen LogP contribution in [0, 0.1) is 0 Å². The third-order valence-electron chi connectivity index (χ3n) is 2.22. The SMILES string of the molecule is O=C(S)Oc1cccc2cccc(OC(=O)S)c12. The number of hydrogen-bond acceptors (Lipinski definition) is 4. The van der Waals surface area contributed by atoms with Crippen LogP contribution in [-0.4, -0.2) is 10.6 Å². The van der Waals surface area contributed by atoms with Crippen LogP contribution in [0.25, 0.3) is 10.8 Å². The summed E-state index contributed by atoms with van der Waals surface area (Å²) in [5, 5.41) is -0.192. The summed E-state index contributed by atoms with van der Waals surface area (Å²) >= 11 is 7.11. The van der Waals surface area contributed by atoms with E-state index in [1.54, 1.807) is 36.4 Å². The molecule has 18 heavy (non-hydrogen) atoms. The first-order chi connectivity index (χ1) is 8.58. The van der Waals surface area contributed by atoms with Crippen LogP contribution in [0.15, 0.2) is 36.4 Å². The lowest BCUT2D eigenvalue weighted by Crippen LogP contribution is -2.00. The number of thiol groups is 2. The van der Waals surface area contributed by atoms with Crippen molar-refractivity contribution in [3.63, 3.8) is 0 Å². The van der Waals surface area contributed by atoms with Crippen molar-refractivity contribution in [1.82, 2.24) is 0 Å². The molecule has 0 aliphatic rings. The molecule has 0 spiro atoms. The van der Waals surface area contributed by atoms with Crippen molar-refractivity contribution in [3.8, 4) is 11.5 Å². The molecule has 6 heteroatoms. The van der Waals surface area contributed by atoms with Crippen molar-refractivity contribution in [3.05, 3.63) is 36.4 Å². The monoisotopic (exact) mass is 280 g/mol. The maximum atomic E-state index is 10.9. The van der Waals surface area contributed by atoms with E-state index >= 15 is 0 Å². The van der Waals surface area contributed by atoms with Crippen LogP contribution < -0.4 is 9.47 Å². The van der Waals surface area contributed by atoms with E-state index in [4.69, 9.17) is 9.47 Å². The van der Waals surface area contributed by atoms with Crippen LogP contribution in [0.1, 0.15) is 0 Å². The number of carbonyl (C=O) groups is 2. The summed E-state index contributed by atoms with van der Waals surface area (Å²) in [6.07, 6.45) is 0. The van der Waals surface area contributed by atoms with Crippen molar-refractivity contribution in [1.29, 1.82) is 0 Å². The van der Waals surface area contributed by atoms with Crippen LogP contribution in [0.2, 0.25) is 0 Å². The van der Waals surface area contributed by atoms with Crippen LogP contribution >= 0.6 is 25.3 Å². The molecule has 0 aliphatic heterocycles. The smallest absolute Gasteiger partial charge is 0.369 e. The quantitative estimate of drug-likeness (QED) is 0.650. The lowest BCUT2D eigenvalue weighted by atomic mass is 10.1. The van der Waals surface area contributed by atoms with Gasteiger partial charge in [0.05, 0.1) is 5.39 Å². The van der Waals surface area contributed by atoms with Crippen molar-refractivity contribution in [2.24, 2.45) is 0 Å². The fraction of sp³-hybridized carbons (Fsp3) is 0. The largest absolute Gasteiger partial charge is 0.418 e. The third-order valence-corrected chi connectivity index (χ3v) is 2.41. The molecule has 0 unspecified atom stereocenters. The van der Waals surface area contributed by atoms with Gasteiger partial charge in [0.1, 0.15) is 11.5 Å². The average molecular weight is 280 g/mol. The van der Waals surface area contributed by atoms with E-state index in [0.29, 0.717) is 5.39 Å². The maximum Gasteiger partial charge on any atom is 0.369 e. The number of rotatable bonds is 2. The number of fused-ring (bicyclic) bond motifs is 1. The van der Waals surface area contributed by atoms with Crippen molar-refractivity contribution in [2.45, 2.75) is 0 Å². The molecule has 0 fully saturated rings. The Morgan fingerprint density at radius 3 is 1.67 bits per heavy atom. The molecule has 92 valence electrons. The Bertz CT molecular complexity index is 574. The molecular weight excluding hydrogens is 272 g/mol. The minimum absolute atomic E-state index is 0.276. The third kappa shape index (κ3) is 2.77. The Balaban J connectivity index is 2.63. The molecule has 0 aliphatic carbocycles. The molecule has 0 bridgehead atoms. The minimum Gasteiger partial charge on any atom is -0.418 e. The molecular formula is C12H8O4S2. The summed E-state index contributed by atoms with van der Waals surface area (Å²) in [6.45, 7) is 0. The van der Waals surface area contributed by atoms with Gasteiger partial charge in [-0.1, -0.05) is 49.5 Å². The van der Waals surface area contributed by atoms with Crippen molar-refractivity contribution < 1.29 is 19.1 Å². The minimum atomic E-state index is -0.741. The highest BCUT2D eigenvalue weighted by molar-refractivity contribution is 7.96. The van der Waals surface area contributed by atoms with Gasteiger partial charge >= 0.3 is 10.6 Å². The van der Waals surface area contributed by atoms with Gasteiger partial charge in [-0.05, 0) is 17.5 Å². The fourth-order valence-electron chi connectivity index (χ4n) is 1.63. The molecule has 2 rings (SSSR count). The average Bonchev–Trinajstić information content (AvgIpc) is 2.27. The lowest BCUT2D eigenvalue weighted by molar-refractivity contribution is 0.227. The normalized spacial score (nSPS) is 10.1. The number of benzene rings is 2. The van der Waals surface area contributed by atoms with Crippen LogP contribution in [0.3, 0.4) is 0 Å². The molecule has 0 heterocycles. The van der Waals surface area contributed by atoms with Crippen molar-refractivity contribution in [2.75, 3.05) is 0 Å². The summed E-state index contributed by atoms with van der Waals surface area (Å²) in [7, 11) is 0. The predicted molar refractivity (Wildman–Crippen MR) is 74.0 cm³/mol. The summed E-state index contributed by atoms with van der Waals surface area (Å²) < 4.78 is 9.92. The second-order valence-electron chi connectivity index (χ2n) is 3.35. The van der Waals surface area contributed by atoms with Gasteiger partial charge in [-0.25, -0.2) is 9.59 Å². The molecule has 2 aromatic rings. The Kier molecular flexibility index (Phi) is 3.78. The summed E-state index contributed by atoms with van der Waals surface area (Å²) in [5.41, 5.74) is 0.